The number of para-hydroxylation sites is 2. The van der Waals surface area contributed by atoms with Gasteiger partial charge in [0.15, 0.2) is 5.16 Å². The number of hydrogen-bond donors (Lipinski definition) is 1. The molecule has 0 radical (unpaired) electrons. The number of methoxy groups -OCH3 is 2. The van der Waals surface area contributed by atoms with Gasteiger partial charge in [-0.2, -0.15) is 8.78 Å². The standard InChI is InChI=1S/C20H21F2N3O3S/c1-12(14-9-8-13(27-2)10-17(14)28-3)23-18(26)11-25-16-7-5-4-6-15(16)24-20(25)29-19(21)22/h4-10,12,19H,11H2,1-3H3,(H,23,26). The summed E-state index contributed by atoms with van der Waals surface area (Å²) in [6.45, 7) is 1.70. The van der Waals surface area contributed by atoms with Gasteiger partial charge in [0.25, 0.3) is 5.76 Å². The van der Waals surface area contributed by atoms with E-state index in [9.17, 15) is 13.6 Å². The number of rotatable bonds is 8. The Morgan fingerprint density at radius 3 is 2.66 bits per heavy atom. The van der Waals surface area contributed by atoms with Gasteiger partial charge in [0, 0.05) is 11.6 Å². The smallest absolute Gasteiger partial charge is 0.291 e. The maximum absolute atomic E-state index is 12.9. The number of halogens is 2. The number of hydrogen-bond acceptors (Lipinski definition) is 5. The van der Waals surface area contributed by atoms with Crippen LogP contribution in [0, 0.1) is 0 Å². The summed E-state index contributed by atoms with van der Waals surface area (Å²) >= 11 is 0.323. The second kappa shape index (κ2) is 9.13. The first-order valence-corrected chi connectivity index (χ1v) is 9.72. The molecule has 1 heterocycles. The van der Waals surface area contributed by atoms with Crippen molar-refractivity contribution in [3.05, 3.63) is 48.0 Å². The lowest BCUT2D eigenvalue weighted by Gasteiger charge is -2.18. The molecule has 9 heteroatoms. The minimum absolute atomic E-state index is 0.103. The molecule has 1 amide bonds. The number of nitrogens with one attached hydrogen (secondary N) is 1. The zero-order valence-corrected chi connectivity index (χ0v) is 17.0. The van der Waals surface area contributed by atoms with Crippen molar-refractivity contribution in [1.29, 1.82) is 0 Å². The van der Waals surface area contributed by atoms with E-state index in [-0.39, 0.29) is 23.7 Å². The molecule has 2 aromatic carbocycles. The van der Waals surface area contributed by atoms with Crippen LogP contribution in [-0.4, -0.2) is 35.4 Å². The Morgan fingerprint density at radius 2 is 1.97 bits per heavy atom. The van der Waals surface area contributed by atoms with Gasteiger partial charge in [0.05, 0.1) is 31.3 Å². The summed E-state index contributed by atoms with van der Waals surface area (Å²) in [5, 5.41) is 2.99. The van der Waals surface area contributed by atoms with E-state index in [1.54, 1.807) is 43.5 Å². The summed E-state index contributed by atoms with van der Waals surface area (Å²) in [7, 11) is 3.10. The highest BCUT2D eigenvalue weighted by atomic mass is 32.2. The van der Waals surface area contributed by atoms with Crippen molar-refractivity contribution in [3.63, 3.8) is 0 Å². The number of aromatic nitrogens is 2. The number of alkyl halides is 2. The number of carbonyl (C=O) groups is 1. The molecular formula is C20H21F2N3O3S. The van der Waals surface area contributed by atoms with Crippen LogP contribution in [0.25, 0.3) is 11.0 Å². The van der Waals surface area contributed by atoms with E-state index >= 15 is 0 Å². The number of ether oxygens (including phenoxy) is 2. The summed E-state index contributed by atoms with van der Waals surface area (Å²) in [4.78, 5) is 16.9. The van der Waals surface area contributed by atoms with Crippen LogP contribution in [0.5, 0.6) is 11.5 Å². The molecule has 6 nitrogen and oxygen atoms in total. The van der Waals surface area contributed by atoms with Crippen molar-refractivity contribution in [3.8, 4) is 11.5 Å². The molecule has 3 aromatic rings. The minimum Gasteiger partial charge on any atom is -0.497 e. The number of benzene rings is 2. The third kappa shape index (κ3) is 4.79. The maximum Gasteiger partial charge on any atom is 0.291 e. The summed E-state index contributed by atoms with van der Waals surface area (Å²) in [6.07, 6.45) is 0. The Kier molecular flexibility index (Phi) is 6.58. The lowest BCUT2D eigenvalue weighted by molar-refractivity contribution is -0.122. The van der Waals surface area contributed by atoms with Crippen LogP contribution in [-0.2, 0) is 11.3 Å². The van der Waals surface area contributed by atoms with Gasteiger partial charge < -0.3 is 19.4 Å². The Morgan fingerprint density at radius 1 is 1.21 bits per heavy atom. The molecule has 0 saturated carbocycles. The van der Waals surface area contributed by atoms with Crippen LogP contribution in [0.3, 0.4) is 0 Å². The maximum atomic E-state index is 12.9. The van der Waals surface area contributed by atoms with E-state index in [4.69, 9.17) is 9.47 Å². The second-order valence-electron chi connectivity index (χ2n) is 6.24. The van der Waals surface area contributed by atoms with E-state index in [1.165, 1.54) is 11.7 Å². The molecule has 3 rings (SSSR count). The molecular weight excluding hydrogens is 400 g/mol. The van der Waals surface area contributed by atoms with Gasteiger partial charge in [-0.3, -0.25) is 4.79 Å². The molecule has 1 unspecified atom stereocenters. The van der Waals surface area contributed by atoms with Crippen molar-refractivity contribution < 1.29 is 23.0 Å². The van der Waals surface area contributed by atoms with Crippen molar-refractivity contribution in [1.82, 2.24) is 14.9 Å². The molecule has 0 saturated heterocycles. The van der Waals surface area contributed by atoms with Gasteiger partial charge in [0.2, 0.25) is 5.91 Å². The van der Waals surface area contributed by atoms with Gasteiger partial charge in [-0.25, -0.2) is 4.98 Å². The Labute approximate surface area is 171 Å². The Balaban J connectivity index is 1.80. The minimum atomic E-state index is -2.63. The fourth-order valence-electron chi connectivity index (χ4n) is 3.06. The van der Waals surface area contributed by atoms with E-state index < -0.39 is 5.76 Å². The summed E-state index contributed by atoms with van der Waals surface area (Å²) in [6, 6.07) is 12.0. The SMILES string of the molecule is COc1ccc(C(C)NC(=O)Cn2c(SC(F)F)nc3ccccc32)c(OC)c1. The lowest BCUT2D eigenvalue weighted by atomic mass is 10.1. The highest BCUT2D eigenvalue weighted by Crippen LogP contribution is 2.30. The number of amides is 1. The van der Waals surface area contributed by atoms with Crippen LogP contribution in [0.4, 0.5) is 8.78 Å². The molecule has 0 spiro atoms. The molecule has 1 atom stereocenters. The average Bonchev–Trinajstić information content (AvgIpc) is 3.03. The summed E-state index contributed by atoms with van der Waals surface area (Å²) < 4.78 is 37.9. The largest absolute Gasteiger partial charge is 0.497 e. The van der Waals surface area contributed by atoms with E-state index in [0.29, 0.717) is 34.3 Å². The molecule has 0 bridgehead atoms. The van der Waals surface area contributed by atoms with Crippen LogP contribution in [0.1, 0.15) is 18.5 Å². The lowest BCUT2D eigenvalue weighted by Crippen LogP contribution is -2.30. The second-order valence-corrected chi connectivity index (χ2v) is 7.20. The van der Waals surface area contributed by atoms with Crippen LogP contribution < -0.4 is 14.8 Å². The zero-order chi connectivity index (χ0) is 21.0. The fourth-order valence-corrected chi connectivity index (χ4v) is 3.66. The molecule has 0 aliphatic heterocycles. The molecule has 0 aliphatic carbocycles. The summed E-state index contributed by atoms with van der Waals surface area (Å²) in [5.74, 6) is -1.73. The van der Waals surface area contributed by atoms with Gasteiger partial charge >= 0.3 is 0 Å². The third-order valence-corrected chi connectivity index (χ3v) is 5.10. The van der Waals surface area contributed by atoms with Gasteiger partial charge in [0.1, 0.15) is 18.0 Å². The molecule has 154 valence electrons. The molecule has 1 aromatic heterocycles. The van der Waals surface area contributed by atoms with Crippen LogP contribution in [0.2, 0.25) is 0 Å². The quantitative estimate of drug-likeness (QED) is 0.551. The number of fused-ring (bicyclic) bond motifs is 1. The predicted molar refractivity (Wildman–Crippen MR) is 108 cm³/mol. The van der Waals surface area contributed by atoms with Gasteiger partial charge in [-0.1, -0.05) is 12.1 Å². The highest BCUT2D eigenvalue weighted by Gasteiger charge is 2.20. The van der Waals surface area contributed by atoms with E-state index in [0.717, 1.165) is 5.56 Å². The monoisotopic (exact) mass is 421 g/mol. The van der Waals surface area contributed by atoms with Crippen LogP contribution in [0.15, 0.2) is 47.6 Å². The first-order valence-electron chi connectivity index (χ1n) is 8.84. The normalized spacial score (nSPS) is 12.2. The topological polar surface area (TPSA) is 65.4 Å². The van der Waals surface area contributed by atoms with Gasteiger partial charge in [-0.05, 0) is 43.0 Å². The molecule has 29 heavy (non-hydrogen) atoms. The number of carbonyl (C=O) groups excluding carboxylic acids is 1. The summed E-state index contributed by atoms with van der Waals surface area (Å²) in [5.41, 5.74) is 1.97. The average molecular weight is 421 g/mol. The van der Waals surface area contributed by atoms with E-state index in [2.05, 4.69) is 10.3 Å². The van der Waals surface area contributed by atoms with Crippen molar-refractivity contribution in [2.24, 2.45) is 0 Å². The van der Waals surface area contributed by atoms with Gasteiger partial charge in [-0.15, -0.1) is 0 Å². The van der Waals surface area contributed by atoms with Crippen molar-refractivity contribution in [2.75, 3.05) is 14.2 Å². The van der Waals surface area contributed by atoms with Crippen molar-refractivity contribution in [2.45, 2.75) is 30.4 Å². The number of nitrogens with zero attached hydrogens (tertiary/aromatic N) is 2. The number of thioether (sulfide) groups is 1. The zero-order valence-electron chi connectivity index (χ0n) is 16.2. The van der Waals surface area contributed by atoms with Crippen molar-refractivity contribution >= 4 is 28.7 Å². The third-order valence-electron chi connectivity index (χ3n) is 4.40. The number of imidazole rings is 1. The molecule has 1 N–H and O–H groups in total. The highest BCUT2D eigenvalue weighted by molar-refractivity contribution is 7.99. The van der Waals surface area contributed by atoms with E-state index in [1.807, 2.05) is 13.0 Å². The first kappa shape index (κ1) is 20.9. The Bertz CT molecular complexity index is 1010. The Hall–Kier alpha value is -2.81. The fraction of sp³-hybridized carbons (Fsp3) is 0.300. The molecule has 0 aliphatic rings. The predicted octanol–water partition coefficient (Wildman–Crippen LogP) is 4.25. The first-order chi connectivity index (χ1) is 13.9. The molecule has 0 fully saturated rings. The van der Waals surface area contributed by atoms with Crippen LogP contribution >= 0.6 is 11.8 Å².